The topological polar surface area (TPSA) is 0 Å². The van der Waals surface area contributed by atoms with Crippen LogP contribution in [0, 0.1) is 0 Å². The monoisotopic (exact) mass is 428 g/mol. The minimum atomic E-state index is -0.313. The van der Waals surface area contributed by atoms with Gasteiger partial charge in [-0.2, -0.15) is 0 Å². The number of benzene rings is 4. The number of halogens is 2. The molecule has 27 heavy (non-hydrogen) atoms. The van der Waals surface area contributed by atoms with Crippen LogP contribution in [0.5, 0.6) is 0 Å². The van der Waals surface area contributed by atoms with Gasteiger partial charge < -0.3 is 0 Å². The molecule has 0 fully saturated rings. The van der Waals surface area contributed by atoms with E-state index in [2.05, 4.69) is 94.8 Å². The van der Waals surface area contributed by atoms with Crippen molar-refractivity contribution in [3.63, 3.8) is 0 Å². The number of hydrogen-bond acceptors (Lipinski definition) is 0. The molecule has 2 heteroatoms. The average molecular weight is 430 g/mol. The molecule has 2 aliphatic carbocycles. The first kappa shape index (κ1) is 15.7. The minimum absolute atomic E-state index is 0.313. The van der Waals surface area contributed by atoms with Crippen LogP contribution in [0.3, 0.4) is 0 Å². The third-order valence-corrected chi connectivity index (χ3v) is 6.74. The van der Waals surface area contributed by atoms with Gasteiger partial charge in [0.25, 0.3) is 0 Å². The van der Waals surface area contributed by atoms with Gasteiger partial charge in [0, 0.05) is 9.50 Å². The zero-order chi connectivity index (χ0) is 18.2. The van der Waals surface area contributed by atoms with Gasteiger partial charge in [-0.15, -0.1) is 0 Å². The molecule has 0 amide bonds. The highest BCUT2D eigenvalue weighted by Crippen LogP contribution is 2.63. The van der Waals surface area contributed by atoms with Gasteiger partial charge in [-0.1, -0.05) is 88.2 Å². The summed E-state index contributed by atoms with van der Waals surface area (Å²) < 4.78 is 1.10. The fourth-order valence-electron chi connectivity index (χ4n) is 5.08. The standard InChI is InChI=1S/C25H14BrCl/c26-15-9-11-19-17-5-1-3-7-21(17)25(23(19)13-15)22-8-4-2-6-18(22)20-12-10-16(27)14-24(20)25/h1-14H. The summed E-state index contributed by atoms with van der Waals surface area (Å²) >= 11 is 10.2. The predicted octanol–water partition coefficient (Wildman–Crippen LogP) is 7.45. The van der Waals surface area contributed by atoms with E-state index in [4.69, 9.17) is 11.6 Å². The van der Waals surface area contributed by atoms with Crippen LogP contribution in [0.1, 0.15) is 22.3 Å². The van der Waals surface area contributed by atoms with Crippen molar-refractivity contribution in [1.82, 2.24) is 0 Å². The smallest absolute Gasteiger partial charge is 0.0726 e. The Morgan fingerprint density at radius 3 is 1.74 bits per heavy atom. The molecule has 0 heterocycles. The van der Waals surface area contributed by atoms with Crippen molar-refractivity contribution in [3.05, 3.63) is 117 Å². The van der Waals surface area contributed by atoms with Crippen LogP contribution in [0.25, 0.3) is 22.3 Å². The van der Waals surface area contributed by atoms with Gasteiger partial charge in [0.1, 0.15) is 0 Å². The maximum atomic E-state index is 6.50. The Morgan fingerprint density at radius 2 is 1.07 bits per heavy atom. The molecule has 0 saturated carbocycles. The lowest BCUT2D eigenvalue weighted by Crippen LogP contribution is -2.25. The zero-order valence-electron chi connectivity index (χ0n) is 14.3. The summed E-state index contributed by atoms with van der Waals surface area (Å²) in [7, 11) is 0. The zero-order valence-corrected chi connectivity index (χ0v) is 16.7. The van der Waals surface area contributed by atoms with Crippen LogP contribution >= 0.6 is 27.5 Å². The van der Waals surface area contributed by atoms with Crippen molar-refractivity contribution in [2.24, 2.45) is 0 Å². The van der Waals surface area contributed by atoms with Gasteiger partial charge in [0.15, 0.2) is 0 Å². The van der Waals surface area contributed by atoms with Crippen molar-refractivity contribution < 1.29 is 0 Å². The van der Waals surface area contributed by atoms with Crippen LogP contribution in [0.15, 0.2) is 89.4 Å². The molecular weight excluding hydrogens is 416 g/mol. The predicted molar refractivity (Wildman–Crippen MR) is 115 cm³/mol. The van der Waals surface area contributed by atoms with Crippen molar-refractivity contribution in [1.29, 1.82) is 0 Å². The summed E-state index contributed by atoms with van der Waals surface area (Å²) in [5, 5.41) is 0.779. The second-order valence-electron chi connectivity index (χ2n) is 7.22. The Labute approximate surface area is 171 Å². The summed E-state index contributed by atoms with van der Waals surface area (Å²) in [6.45, 7) is 0. The first-order valence-corrected chi connectivity index (χ1v) is 10.2. The first-order valence-electron chi connectivity index (χ1n) is 9.01. The van der Waals surface area contributed by atoms with Gasteiger partial charge >= 0.3 is 0 Å². The Kier molecular flexibility index (Phi) is 3.10. The molecule has 0 nitrogen and oxygen atoms in total. The van der Waals surface area contributed by atoms with Gasteiger partial charge in [0.2, 0.25) is 0 Å². The molecule has 6 rings (SSSR count). The molecule has 1 spiro atoms. The van der Waals surface area contributed by atoms with Crippen LogP contribution in [0.2, 0.25) is 5.02 Å². The van der Waals surface area contributed by atoms with E-state index in [1.165, 1.54) is 44.5 Å². The minimum Gasteiger partial charge on any atom is -0.0843 e. The SMILES string of the molecule is Clc1ccc2c(c1)C1(c3ccccc3-2)c2ccccc2-c2ccc(Br)cc21. The molecule has 0 aromatic heterocycles. The van der Waals surface area contributed by atoms with Gasteiger partial charge in [-0.05, 0) is 68.8 Å². The molecule has 0 radical (unpaired) electrons. The average Bonchev–Trinajstić information content (AvgIpc) is 3.14. The van der Waals surface area contributed by atoms with Gasteiger partial charge in [-0.25, -0.2) is 0 Å². The highest BCUT2D eigenvalue weighted by molar-refractivity contribution is 9.10. The van der Waals surface area contributed by atoms with E-state index < -0.39 is 0 Å². The van der Waals surface area contributed by atoms with E-state index in [9.17, 15) is 0 Å². The molecule has 0 aliphatic heterocycles. The van der Waals surface area contributed by atoms with Crippen molar-refractivity contribution in [2.45, 2.75) is 5.41 Å². The maximum absolute atomic E-state index is 6.50. The lowest BCUT2D eigenvalue weighted by Gasteiger charge is -2.30. The summed E-state index contributed by atoms with van der Waals surface area (Å²) in [6.07, 6.45) is 0. The maximum Gasteiger partial charge on any atom is 0.0726 e. The number of rotatable bonds is 0. The van der Waals surface area contributed by atoms with Crippen molar-refractivity contribution in [2.75, 3.05) is 0 Å². The van der Waals surface area contributed by atoms with Crippen LogP contribution < -0.4 is 0 Å². The van der Waals surface area contributed by atoms with Crippen molar-refractivity contribution >= 4 is 27.5 Å². The van der Waals surface area contributed by atoms with E-state index >= 15 is 0 Å². The Morgan fingerprint density at radius 1 is 0.556 bits per heavy atom. The molecule has 0 N–H and O–H groups in total. The number of hydrogen-bond donors (Lipinski definition) is 0. The van der Waals surface area contributed by atoms with E-state index in [1.807, 2.05) is 6.07 Å². The highest BCUT2D eigenvalue weighted by Gasteiger charge is 2.51. The van der Waals surface area contributed by atoms with Gasteiger partial charge in [0.05, 0.1) is 5.41 Å². The third kappa shape index (κ3) is 1.84. The third-order valence-electron chi connectivity index (χ3n) is 6.01. The van der Waals surface area contributed by atoms with E-state index in [-0.39, 0.29) is 5.41 Å². The fourth-order valence-corrected chi connectivity index (χ4v) is 5.62. The fraction of sp³-hybridized carbons (Fsp3) is 0.0400. The van der Waals surface area contributed by atoms with E-state index in [1.54, 1.807) is 0 Å². The van der Waals surface area contributed by atoms with Crippen molar-refractivity contribution in [3.8, 4) is 22.3 Å². The summed E-state index contributed by atoms with van der Waals surface area (Å²) in [4.78, 5) is 0. The molecule has 1 atom stereocenters. The molecule has 128 valence electrons. The Bertz CT molecular complexity index is 1160. The van der Waals surface area contributed by atoms with Crippen LogP contribution in [0.4, 0.5) is 0 Å². The largest absolute Gasteiger partial charge is 0.0843 e. The molecule has 4 aromatic carbocycles. The van der Waals surface area contributed by atoms with E-state index in [0.29, 0.717) is 0 Å². The van der Waals surface area contributed by atoms with Crippen LogP contribution in [-0.4, -0.2) is 0 Å². The highest BCUT2D eigenvalue weighted by atomic mass is 79.9. The van der Waals surface area contributed by atoms with E-state index in [0.717, 1.165) is 9.50 Å². The lowest BCUT2D eigenvalue weighted by molar-refractivity contribution is 0.793. The molecular formula is C25H14BrCl. The van der Waals surface area contributed by atoms with Crippen LogP contribution in [-0.2, 0) is 5.41 Å². The molecule has 4 aromatic rings. The molecule has 1 unspecified atom stereocenters. The summed E-state index contributed by atoms with van der Waals surface area (Å²) in [6, 6.07) is 30.5. The first-order chi connectivity index (χ1) is 13.2. The lowest BCUT2D eigenvalue weighted by atomic mass is 9.70. The molecule has 0 saturated heterocycles. The summed E-state index contributed by atoms with van der Waals surface area (Å²) in [5.74, 6) is 0. The molecule has 2 aliphatic rings. The second kappa shape index (κ2) is 5.34. The Balaban J connectivity index is 1.88. The Hall–Kier alpha value is -2.35. The molecule has 0 bridgehead atoms. The second-order valence-corrected chi connectivity index (χ2v) is 8.57. The van der Waals surface area contributed by atoms with Gasteiger partial charge in [-0.3, -0.25) is 0 Å². The summed E-state index contributed by atoms with van der Waals surface area (Å²) in [5.41, 5.74) is 10.2. The number of fused-ring (bicyclic) bond motifs is 10. The normalized spacial score (nSPS) is 18.1. The quantitative estimate of drug-likeness (QED) is 0.235.